The molecule has 0 unspecified atom stereocenters. The zero-order chi connectivity index (χ0) is 29.9. The molecule has 41 heavy (non-hydrogen) atoms. The van der Waals surface area contributed by atoms with Crippen molar-refractivity contribution in [1.82, 2.24) is 0 Å². The summed E-state index contributed by atoms with van der Waals surface area (Å²) in [4.78, 5) is 27.1. The average Bonchev–Trinajstić information content (AvgIpc) is 3.14. The van der Waals surface area contributed by atoms with Crippen molar-refractivity contribution in [3.63, 3.8) is 0 Å². The van der Waals surface area contributed by atoms with Gasteiger partial charge in [-0.25, -0.2) is 0 Å². The molecule has 0 bridgehead atoms. The molecule has 4 rings (SSSR count). The molecule has 0 atom stereocenters. The molecule has 0 amide bonds. The summed E-state index contributed by atoms with van der Waals surface area (Å²) in [6, 6.07) is 14.3. The third-order valence-electron chi connectivity index (χ3n) is 8.41. The largest absolute Gasteiger partial charge is 0.495 e. The molecule has 2 aromatic rings. The first-order valence-corrected chi connectivity index (χ1v) is 14.7. The van der Waals surface area contributed by atoms with Crippen LogP contribution in [0.5, 0.6) is 0 Å². The Morgan fingerprint density at radius 3 is 2.54 bits per heavy atom. The maximum atomic E-state index is 13.5. The van der Waals surface area contributed by atoms with E-state index in [1.165, 1.54) is 5.56 Å². The zero-order valence-electron chi connectivity index (χ0n) is 25.6. The Balaban J connectivity index is 1.64. The second-order valence-corrected chi connectivity index (χ2v) is 12.1. The number of carbonyl (C=O) groups is 2. The molecule has 0 aromatic heterocycles. The highest BCUT2D eigenvalue weighted by Gasteiger charge is 2.42. The summed E-state index contributed by atoms with van der Waals surface area (Å²) in [5.41, 5.74) is 6.90. The topological polar surface area (TPSA) is 78.9 Å². The Bertz CT molecular complexity index is 1430. The molecule has 0 radical (unpaired) electrons. The molecule has 1 aliphatic heterocycles. The summed E-state index contributed by atoms with van der Waals surface area (Å²) in [6.45, 7) is 14.6. The monoisotopic (exact) mass is 556 g/mol. The van der Waals surface area contributed by atoms with E-state index in [4.69, 9.17) is 4.74 Å². The number of hydrogen-bond donors (Lipinski definition) is 2. The molecule has 6 nitrogen and oxygen atoms in total. The maximum Gasteiger partial charge on any atom is 0.307 e. The summed E-state index contributed by atoms with van der Waals surface area (Å²) < 4.78 is 5.78. The number of likely N-dealkylation sites (N-methyl/N-ethyl adjacent to an activating group) is 1. The number of para-hydroxylation sites is 1. The fourth-order valence-corrected chi connectivity index (χ4v) is 6.01. The highest BCUT2D eigenvalue weighted by atomic mass is 16.5. The number of hydrogen-bond acceptors (Lipinski definition) is 5. The molecule has 0 saturated carbocycles. The quantitative estimate of drug-likeness (QED) is 0.211. The van der Waals surface area contributed by atoms with E-state index in [9.17, 15) is 14.7 Å². The minimum absolute atomic E-state index is 0.00567. The van der Waals surface area contributed by atoms with E-state index < -0.39 is 11.4 Å². The van der Waals surface area contributed by atoms with Crippen molar-refractivity contribution >= 4 is 23.1 Å². The van der Waals surface area contributed by atoms with Gasteiger partial charge in [0.2, 0.25) is 0 Å². The lowest BCUT2D eigenvalue weighted by Gasteiger charge is -2.30. The number of fused-ring (bicyclic) bond motifs is 1. The van der Waals surface area contributed by atoms with Gasteiger partial charge in [-0.05, 0) is 60.1 Å². The third kappa shape index (κ3) is 5.83. The van der Waals surface area contributed by atoms with Crippen LogP contribution >= 0.6 is 0 Å². The van der Waals surface area contributed by atoms with E-state index >= 15 is 0 Å². The number of allylic oxidation sites excluding steroid dienone is 5. The van der Waals surface area contributed by atoms with Crippen LogP contribution in [0, 0.1) is 0 Å². The maximum absolute atomic E-state index is 13.5. The van der Waals surface area contributed by atoms with Gasteiger partial charge in [-0.3, -0.25) is 9.59 Å². The molecular formula is C35H44N2O4. The number of ether oxygens (including phenoxy) is 1. The van der Waals surface area contributed by atoms with E-state index in [-0.39, 0.29) is 17.6 Å². The van der Waals surface area contributed by atoms with Crippen molar-refractivity contribution < 1.29 is 19.4 Å². The first-order valence-electron chi connectivity index (χ1n) is 14.7. The van der Waals surface area contributed by atoms with Crippen LogP contribution in [-0.4, -0.2) is 37.1 Å². The molecule has 218 valence electrons. The number of benzene rings is 2. The van der Waals surface area contributed by atoms with E-state index in [2.05, 4.69) is 76.0 Å². The highest BCUT2D eigenvalue weighted by Crippen LogP contribution is 2.49. The molecule has 2 N–H and O–H groups in total. The Kier molecular flexibility index (Phi) is 8.81. The van der Waals surface area contributed by atoms with Crippen molar-refractivity contribution in [3.05, 3.63) is 93.9 Å². The van der Waals surface area contributed by atoms with Crippen LogP contribution in [0.15, 0.2) is 77.2 Å². The van der Waals surface area contributed by atoms with Crippen LogP contribution in [0.2, 0.25) is 0 Å². The van der Waals surface area contributed by atoms with Gasteiger partial charge in [0.1, 0.15) is 5.76 Å². The Labute approximate surface area is 244 Å². The zero-order valence-corrected chi connectivity index (χ0v) is 25.6. The summed E-state index contributed by atoms with van der Waals surface area (Å²) in [5, 5.41) is 12.9. The van der Waals surface area contributed by atoms with Crippen LogP contribution in [-0.2, 0) is 31.6 Å². The molecule has 0 spiro atoms. The molecule has 0 saturated heterocycles. The van der Waals surface area contributed by atoms with Gasteiger partial charge in [0.05, 0.1) is 24.7 Å². The first-order chi connectivity index (χ1) is 19.5. The van der Waals surface area contributed by atoms with Crippen LogP contribution in [0.3, 0.4) is 0 Å². The van der Waals surface area contributed by atoms with Gasteiger partial charge in [0.25, 0.3) is 0 Å². The predicted octanol–water partition coefficient (Wildman–Crippen LogP) is 7.30. The standard InChI is InChI=1S/C35H44N2O4/c1-8-10-19-36-28-14-12-11-13-26(28)34(3,4)18-17-24-32(40)25(33(24)41-7)22-30-35(5,6)27-20-23(21-31(38)39)15-16-29(27)37(30)9-2/h11-17,20,22,36H,8-10,18-19,21H2,1-7H3,(H,38,39)/b24-17+,30-22+. The average molecular weight is 557 g/mol. The molecule has 1 heterocycles. The fourth-order valence-electron chi connectivity index (χ4n) is 6.01. The van der Waals surface area contributed by atoms with Crippen LogP contribution in [0.4, 0.5) is 11.4 Å². The van der Waals surface area contributed by atoms with Gasteiger partial charge in [0.15, 0.2) is 5.78 Å². The van der Waals surface area contributed by atoms with E-state index in [0.29, 0.717) is 23.3 Å². The minimum atomic E-state index is -0.849. The molecule has 1 aliphatic carbocycles. The van der Waals surface area contributed by atoms with Crippen LogP contribution in [0.1, 0.15) is 77.5 Å². The summed E-state index contributed by atoms with van der Waals surface area (Å²) in [6.07, 6.45) is 6.93. The van der Waals surface area contributed by atoms with Crippen LogP contribution in [0.25, 0.3) is 0 Å². The number of unbranched alkanes of at least 4 members (excludes halogenated alkanes) is 1. The smallest absolute Gasteiger partial charge is 0.307 e. The lowest BCUT2D eigenvalue weighted by Crippen LogP contribution is -2.29. The van der Waals surface area contributed by atoms with E-state index in [0.717, 1.165) is 54.1 Å². The number of methoxy groups -OCH3 is 1. The molecule has 2 aromatic carbocycles. The minimum Gasteiger partial charge on any atom is -0.495 e. The van der Waals surface area contributed by atoms with Gasteiger partial charge in [0, 0.05) is 35.6 Å². The third-order valence-corrected chi connectivity index (χ3v) is 8.41. The van der Waals surface area contributed by atoms with Gasteiger partial charge in [-0.15, -0.1) is 0 Å². The number of carbonyl (C=O) groups excluding carboxylic acids is 1. The first kappa shape index (κ1) is 30.2. The number of nitrogens with one attached hydrogen (secondary N) is 1. The van der Waals surface area contributed by atoms with Gasteiger partial charge in [-0.2, -0.15) is 0 Å². The Hall–Kier alpha value is -3.80. The van der Waals surface area contributed by atoms with Crippen molar-refractivity contribution in [2.45, 2.75) is 78.1 Å². The van der Waals surface area contributed by atoms with Crippen molar-refractivity contribution in [1.29, 1.82) is 0 Å². The van der Waals surface area contributed by atoms with Crippen LogP contribution < -0.4 is 10.2 Å². The Morgan fingerprint density at radius 2 is 1.88 bits per heavy atom. The number of ketones is 1. The van der Waals surface area contributed by atoms with Gasteiger partial charge in [-0.1, -0.05) is 77.4 Å². The summed E-state index contributed by atoms with van der Waals surface area (Å²) in [7, 11) is 1.62. The fraction of sp³-hybridized carbons (Fsp3) is 0.429. The molecule has 2 aliphatic rings. The summed E-state index contributed by atoms with van der Waals surface area (Å²) >= 11 is 0. The number of carboxylic acids is 1. The number of nitrogens with zero attached hydrogens (tertiary/aromatic N) is 1. The second kappa shape index (κ2) is 12.0. The number of carboxylic acid groups (broad SMARTS) is 1. The predicted molar refractivity (Wildman–Crippen MR) is 167 cm³/mol. The second-order valence-electron chi connectivity index (χ2n) is 12.1. The van der Waals surface area contributed by atoms with Crippen molar-refractivity contribution in [2.75, 3.05) is 30.4 Å². The summed E-state index contributed by atoms with van der Waals surface area (Å²) in [5.74, 6) is -0.228. The number of aliphatic carboxylic acids is 1. The van der Waals surface area contributed by atoms with Crippen molar-refractivity contribution in [2.24, 2.45) is 0 Å². The SMILES string of the molecule is CCCCNc1ccccc1C(C)(C)C/C=C1\C(=O)C(/C=C2/N(CC)c3ccc(CC(=O)O)cc3C2(C)C)=C1OC. The van der Waals surface area contributed by atoms with Gasteiger partial charge < -0.3 is 20.1 Å². The van der Waals surface area contributed by atoms with Crippen molar-refractivity contribution in [3.8, 4) is 0 Å². The lowest BCUT2D eigenvalue weighted by molar-refractivity contribution is -0.136. The molecular weight excluding hydrogens is 512 g/mol. The van der Waals surface area contributed by atoms with Gasteiger partial charge >= 0.3 is 5.97 Å². The number of Topliss-reactive ketones (excluding diaryl/α,β-unsaturated/α-hetero) is 1. The lowest BCUT2D eigenvalue weighted by atomic mass is 9.77. The van der Waals surface area contributed by atoms with E-state index in [1.807, 2.05) is 30.4 Å². The number of anilines is 2. The number of rotatable bonds is 12. The molecule has 6 heteroatoms. The van der Waals surface area contributed by atoms with E-state index in [1.54, 1.807) is 7.11 Å². The normalized spacial score (nSPS) is 18.1. The highest BCUT2D eigenvalue weighted by molar-refractivity contribution is 6.21. The Morgan fingerprint density at radius 1 is 1.15 bits per heavy atom. The molecule has 0 fully saturated rings.